The number of carbonyl (C=O) groups is 2. The van der Waals surface area contributed by atoms with Crippen LogP contribution in [0.15, 0.2) is 41.0 Å². The van der Waals surface area contributed by atoms with Crippen LogP contribution < -0.4 is 10.9 Å². The van der Waals surface area contributed by atoms with Crippen molar-refractivity contribution in [3.8, 4) is 0 Å². The second kappa shape index (κ2) is 5.72. The molecule has 2 amide bonds. The largest absolute Gasteiger partial charge is 0.462 e. The van der Waals surface area contributed by atoms with Gasteiger partial charge in [0.1, 0.15) is 17.2 Å². The maximum absolute atomic E-state index is 11.5. The molecule has 0 saturated carbocycles. The molecule has 2 aromatic heterocycles. The first-order chi connectivity index (χ1) is 9.15. The van der Waals surface area contributed by atoms with Crippen molar-refractivity contribution >= 4 is 17.9 Å². The van der Waals surface area contributed by atoms with Gasteiger partial charge in [-0.05, 0) is 37.3 Å². The van der Waals surface area contributed by atoms with Gasteiger partial charge in [-0.25, -0.2) is 0 Å². The molecule has 19 heavy (non-hydrogen) atoms. The van der Waals surface area contributed by atoms with E-state index in [0.717, 1.165) is 5.76 Å². The molecule has 0 radical (unpaired) electrons. The lowest BCUT2D eigenvalue weighted by Crippen LogP contribution is -2.40. The third-order valence-electron chi connectivity index (χ3n) is 2.30. The summed E-state index contributed by atoms with van der Waals surface area (Å²) in [5.74, 6) is 0.470. The van der Waals surface area contributed by atoms with Crippen LogP contribution >= 0.6 is 0 Å². The van der Waals surface area contributed by atoms with Gasteiger partial charge in [0.2, 0.25) is 0 Å². The zero-order chi connectivity index (χ0) is 13.7. The van der Waals surface area contributed by atoms with Crippen molar-refractivity contribution in [3.63, 3.8) is 0 Å². The van der Waals surface area contributed by atoms with Gasteiger partial charge in [0, 0.05) is 12.3 Å². The maximum Gasteiger partial charge on any atom is 0.286 e. The Balaban J connectivity index is 1.82. The van der Waals surface area contributed by atoms with E-state index < -0.39 is 11.8 Å². The van der Waals surface area contributed by atoms with Gasteiger partial charge in [-0.3, -0.25) is 20.4 Å². The Morgan fingerprint density at radius 3 is 2.74 bits per heavy atom. The Labute approximate surface area is 109 Å². The summed E-state index contributed by atoms with van der Waals surface area (Å²) in [6.45, 7) is 1.81. The van der Waals surface area contributed by atoms with Crippen molar-refractivity contribution in [2.24, 2.45) is 0 Å². The Morgan fingerprint density at radius 2 is 2.11 bits per heavy atom. The normalized spacial score (nSPS) is 10.6. The van der Waals surface area contributed by atoms with E-state index in [4.69, 9.17) is 4.42 Å². The number of nitrogens with one attached hydrogen (secondary N) is 3. The van der Waals surface area contributed by atoms with E-state index in [0.29, 0.717) is 11.5 Å². The van der Waals surface area contributed by atoms with Gasteiger partial charge in [0.15, 0.2) is 0 Å². The Morgan fingerprint density at radius 1 is 1.26 bits per heavy atom. The van der Waals surface area contributed by atoms with Crippen LogP contribution in [-0.2, 0) is 4.79 Å². The first-order valence-corrected chi connectivity index (χ1v) is 5.63. The summed E-state index contributed by atoms with van der Waals surface area (Å²) in [6.07, 6.45) is 4.41. The highest BCUT2D eigenvalue weighted by atomic mass is 16.3. The lowest BCUT2D eigenvalue weighted by Gasteiger charge is -2.02. The molecule has 2 rings (SSSR count). The van der Waals surface area contributed by atoms with Crippen molar-refractivity contribution in [3.05, 3.63) is 53.8 Å². The van der Waals surface area contributed by atoms with Gasteiger partial charge in [0.05, 0.1) is 0 Å². The van der Waals surface area contributed by atoms with Gasteiger partial charge >= 0.3 is 0 Å². The second-order valence-corrected chi connectivity index (χ2v) is 3.81. The van der Waals surface area contributed by atoms with Crippen LogP contribution in [0.2, 0.25) is 0 Å². The van der Waals surface area contributed by atoms with Crippen molar-refractivity contribution in [2.45, 2.75) is 6.92 Å². The van der Waals surface area contributed by atoms with Crippen LogP contribution in [0, 0.1) is 6.92 Å². The number of hydrazine groups is 1. The van der Waals surface area contributed by atoms with E-state index >= 15 is 0 Å². The fourth-order valence-electron chi connectivity index (χ4n) is 1.40. The van der Waals surface area contributed by atoms with E-state index in [1.807, 2.05) is 6.92 Å². The molecule has 0 spiro atoms. The van der Waals surface area contributed by atoms with Crippen LogP contribution in [-0.4, -0.2) is 16.8 Å². The molecule has 0 aliphatic rings. The van der Waals surface area contributed by atoms with Crippen LogP contribution in [0.1, 0.15) is 22.0 Å². The molecule has 0 atom stereocenters. The molecular formula is C13H13N3O3. The monoisotopic (exact) mass is 259 g/mol. The highest BCUT2D eigenvalue weighted by Crippen LogP contribution is 2.07. The molecular weight excluding hydrogens is 246 g/mol. The molecule has 0 aliphatic heterocycles. The van der Waals surface area contributed by atoms with Crippen LogP contribution in [0.3, 0.4) is 0 Å². The predicted octanol–water partition coefficient (Wildman–Crippen LogP) is 1.39. The number of rotatable bonds is 3. The predicted molar refractivity (Wildman–Crippen MR) is 68.9 cm³/mol. The van der Waals surface area contributed by atoms with E-state index in [1.165, 1.54) is 12.2 Å². The van der Waals surface area contributed by atoms with E-state index in [1.54, 1.807) is 30.5 Å². The molecule has 2 aromatic rings. The van der Waals surface area contributed by atoms with Crippen molar-refractivity contribution < 1.29 is 14.0 Å². The standard InChI is InChI=1S/C13H13N3O3/c1-9-4-5-10(19-9)6-7-12(17)15-16-13(18)11-3-2-8-14-11/h2-8,14H,1H3,(H,15,17)(H,16,18)/b7-6+. The minimum absolute atomic E-state index is 0.367. The van der Waals surface area contributed by atoms with Crippen LogP contribution in [0.4, 0.5) is 0 Å². The fourth-order valence-corrected chi connectivity index (χ4v) is 1.40. The lowest BCUT2D eigenvalue weighted by molar-refractivity contribution is -0.117. The molecule has 0 aromatic carbocycles. The number of furan rings is 1. The molecule has 0 fully saturated rings. The number of carbonyl (C=O) groups excluding carboxylic acids is 2. The molecule has 0 unspecified atom stereocenters. The number of aromatic amines is 1. The van der Waals surface area contributed by atoms with Gasteiger partial charge in [-0.1, -0.05) is 0 Å². The quantitative estimate of drug-likeness (QED) is 0.575. The molecule has 0 bridgehead atoms. The van der Waals surface area contributed by atoms with Crippen molar-refractivity contribution in [1.29, 1.82) is 0 Å². The summed E-state index contributed by atoms with van der Waals surface area (Å²) in [4.78, 5) is 25.6. The number of hydrogen-bond acceptors (Lipinski definition) is 3. The van der Waals surface area contributed by atoms with Gasteiger partial charge in [0.25, 0.3) is 11.8 Å². The summed E-state index contributed by atoms with van der Waals surface area (Å²) in [6, 6.07) is 6.83. The van der Waals surface area contributed by atoms with Crippen molar-refractivity contribution in [2.75, 3.05) is 0 Å². The summed E-state index contributed by atoms with van der Waals surface area (Å²) >= 11 is 0. The van der Waals surface area contributed by atoms with E-state index in [9.17, 15) is 9.59 Å². The fraction of sp³-hybridized carbons (Fsp3) is 0.0769. The number of hydrogen-bond donors (Lipinski definition) is 3. The summed E-state index contributed by atoms with van der Waals surface area (Å²) in [5, 5.41) is 0. The highest BCUT2D eigenvalue weighted by Gasteiger charge is 2.05. The minimum atomic E-state index is -0.450. The SMILES string of the molecule is Cc1ccc(/C=C/C(=O)NNC(=O)c2ccc[nH]2)o1. The molecule has 98 valence electrons. The summed E-state index contributed by atoms with van der Waals surface area (Å²) in [5.41, 5.74) is 4.90. The molecule has 0 aliphatic carbocycles. The third kappa shape index (κ3) is 3.60. The second-order valence-electron chi connectivity index (χ2n) is 3.81. The molecule has 6 nitrogen and oxygen atoms in total. The number of H-pyrrole nitrogens is 1. The Kier molecular flexibility index (Phi) is 3.82. The number of amides is 2. The summed E-state index contributed by atoms with van der Waals surface area (Å²) < 4.78 is 5.26. The number of aromatic nitrogens is 1. The Hall–Kier alpha value is -2.76. The van der Waals surface area contributed by atoms with Gasteiger partial charge < -0.3 is 9.40 Å². The van der Waals surface area contributed by atoms with E-state index in [-0.39, 0.29) is 0 Å². The molecule has 2 heterocycles. The first-order valence-electron chi connectivity index (χ1n) is 5.63. The topological polar surface area (TPSA) is 87.1 Å². The number of aryl methyl sites for hydroxylation is 1. The zero-order valence-electron chi connectivity index (χ0n) is 10.3. The van der Waals surface area contributed by atoms with E-state index in [2.05, 4.69) is 15.8 Å². The lowest BCUT2D eigenvalue weighted by atomic mass is 10.4. The average Bonchev–Trinajstić information content (AvgIpc) is 3.04. The third-order valence-corrected chi connectivity index (χ3v) is 2.30. The first kappa shape index (κ1) is 12.7. The smallest absolute Gasteiger partial charge is 0.286 e. The van der Waals surface area contributed by atoms with Crippen LogP contribution in [0.5, 0.6) is 0 Å². The van der Waals surface area contributed by atoms with Gasteiger partial charge in [-0.2, -0.15) is 0 Å². The van der Waals surface area contributed by atoms with Gasteiger partial charge in [-0.15, -0.1) is 0 Å². The summed E-state index contributed by atoms with van der Waals surface area (Å²) in [7, 11) is 0. The Bertz CT molecular complexity index is 596. The molecule has 0 saturated heterocycles. The maximum atomic E-state index is 11.5. The van der Waals surface area contributed by atoms with Crippen molar-refractivity contribution in [1.82, 2.24) is 15.8 Å². The molecule has 6 heteroatoms. The molecule has 3 N–H and O–H groups in total. The minimum Gasteiger partial charge on any atom is -0.462 e. The van der Waals surface area contributed by atoms with Crippen LogP contribution in [0.25, 0.3) is 6.08 Å². The average molecular weight is 259 g/mol. The highest BCUT2D eigenvalue weighted by molar-refractivity contribution is 5.96. The zero-order valence-corrected chi connectivity index (χ0v) is 10.3.